The van der Waals surface area contributed by atoms with E-state index in [1.54, 1.807) is 12.1 Å². The van der Waals surface area contributed by atoms with E-state index >= 15 is 0 Å². The molecule has 0 N–H and O–H groups in total. The Morgan fingerprint density at radius 2 is 1.79 bits per heavy atom. The Balaban J connectivity index is 1.60. The molecule has 3 aromatic carbocycles. The molecule has 1 amide bonds. The van der Waals surface area contributed by atoms with E-state index in [-0.39, 0.29) is 5.91 Å². The third-order valence-corrected chi connectivity index (χ3v) is 5.81. The highest BCUT2D eigenvalue weighted by Gasteiger charge is 2.28. The van der Waals surface area contributed by atoms with Gasteiger partial charge in [0.15, 0.2) is 11.5 Å². The molecule has 0 unspecified atom stereocenters. The summed E-state index contributed by atoms with van der Waals surface area (Å²) in [5, 5.41) is 6.24. The van der Waals surface area contributed by atoms with Gasteiger partial charge in [-0.3, -0.25) is 4.79 Å². The predicted molar refractivity (Wildman–Crippen MR) is 136 cm³/mol. The Bertz CT molecular complexity index is 1220. The van der Waals surface area contributed by atoms with Gasteiger partial charge >= 0.3 is 0 Å². The molecule has 0 aliphatic carbocycles. The van der Waals surface area contributed by atoms with Crippen molar-refractivity contribution in [3.05, 3.63) is 92.9 Å². The van der Waals surface area contributed by atoms with E-state index in [2.05, 4.69) is 21.0 Å². The Morgan fingerprint density at radius 1 is 1.06 bits per heavy atom. The minimum Gasteiger partial charge on any atom is -0.490 e. The van der Waals surface area contributed by atoms with E-state index < -0.39 is 0 Å². The second kappa shape index (κ2) is 10.2. The lowest BCUT2D eigenvalue weighted by molar-refractivity contribution is -0.114. The maximum absolute atomic E-state index is 13.0. The number of hydrogen-bond donors (Lipinski definition) is 0. The fraction of sp³-hybridized carbons (Fsp3) is 0.154. The van der Waals surface area contributed by atoms with E-state index in [0.29, 0.717) is 41.0 Å². The number of carbonyl (C=O) groups excluding carboxylic acids is 1. The van der Waals surface area contributed by atoms with Crippen LogP contribution in [0, 0.1) is 0 Å². The quantitative estimate of drug-likeness (QED) is 0.316. The summed E-state index contributed by atoms with van der Waals surface area (Å²) in [6.45, 7) is 4.51. The number of anilines is 1. The molecule has 0 fully saturated rings. The molecule has 1 aliphatic heterocycles. The van der Waals surface area contributed by atoms with Crippen molar-refractivity contribution in [3.63, 3.8) is 0 Å². The second-order valence-corrected chi connectivity index (χ2v) is 8.70. The first-order chi connectivity index (χ1) is 16.0. The van der Waals surface area contributed by atoms with Gasteiger partial charge in [-0.25, -0.2) is 0 Å². The lowest BCUT2D eigenvalue weighted by Crippen LogP contribution is -2.21. The summed E-state index contributed by atoms with van der Waals surface area (Å²) in [6, 6.07) is 20.8. The molecule has 4 rings (SSSR count). The average molecular weight is 526 g/mol. The molecule has 0 aromatic heterocycles. The zero-order valence-electron chi connectivity index (χ0n) is 18.2. The molecule has 5 nitrogen and oxygen atoms in total. The van der Waals surface area contributed by atoms with Crippen LogP contribution in [0.2, 0.25) is 5.02 Å². The second-order valence-electron chi connectivity index (χ2n) is 7.37. The highest BCUT2D eigenvalue weighted by Crippen LogP contribution is 2.38. The number of ether oxygens (including phenoxy) is 2. The molecule has 0 radical (unpaired) electrons. The van der Waals surface area contributed by atoms with Gasteiger partial charge in [-0.1, -0.05) is 57.9 Å². The van der Waals surface area contributed by atoms with Crippen LogP contribution in [-0.2, 0) is 11.4 Å². The van der Waals surface area contributed by atoms with Crippen molar-refractivity contribution in [1.82, 2.24) is 0 Å². The number of nitrogens with zero attached hydrogens (tertiary/aromatic N) is 2. The Morgan fingerprint density at radius 3 is 2.48 bits per heavy atom. The standard InChI is InChI=1S/C26H22BrClN2O3/c1-3-32-24-15-19(14-23(28)25(24)33-16-18-9-11-20(27)12-10-18)13-22-17(2)29-30(26(22)31)21-7-5-4-6-8-21/h4-15H,3,16H2,1-2H3/b22-13+. The number of hydrazone groups is 1. The molecular weight excluding hydrogens is 504 g/mol. The first-order valence-corrected chi connectivity index (χ1v) is 11.6. The van der Waals surface area contributed by atoms with Crippen LogP contribution < -0.4 is 14.5 Å². The van der Waals surface area contributed by atoms with Gasteiger partial charge in [0, 0.05) is 4.47 Å². The van der Waals surface area contributed by atoms with Crippen LogP contribution in [0.3, 0.4) is 0 Å². The molecule has 7 heteroatoms. The van der Waals surface area contributed by atoms with Crippen LogP contribution in [0.15, 0.2) is 81.9 Å². The van der Waals surface area contributed by atoms with Gasteiger partial charge in [0.25, 0.3) is 5.91 Å². The van der Waals surface area contributed by atoms with Crippen LogP contribution in [0.25, 0.3) is 6.08 Å². The molecule has 0 spiro atoms. The Hall–Kier alpha value is -3.09. The number of para-hydroxylation sites is 1. The summed E-state index contributed by atoms with van der Waals surface area (Å²) >= 11 is 10.0. The molecule has 168 valence electrons. The highest BCUT2D eigenvalue weighted by molar-refractivity contribution is 9.10. The summed E-state index contributed by atoms with van der Waals surface area (Å²) in [5.74, 6) is 0.801. The molecule has 0 saturated heterocycles. The van der Waals surface area contributed by atoms with Crippen molar-refractivity contribution in [2.75, 3.05) is 11.6 Å². The van der Waals surface area contributed by atoms with Crippen LogP contribution in [-0.4, -0.2) is 18.2 Å². The minimum absolute atomic E-state index is 0.191. The third-order valence-electron chi connectivity index (χ3n) is 5.00. The van der Waals surface area contributed by atoms with Gasteiger partial charge in [-0.05, 0) is 67.4 Å². The van der Waals surface area contributed by atoms with Crippen LogP contribution in [0.5, 0.6) is 11.5 Å². The van der Waals surface area contributed by atoms with Gasteiger partial charge in [-0.2, -0.15) is 10.1 Å². The van der Waals surface area contributed by atoms with E-state index in [0.717, 1.165) is 21.3 Å². The molecule has 33 heavy (non-hydrogen) atoms. The monoisotopic (exact) mass is 524 g/mol. The molecular formula is C26H22BrClN2O3. The number of amides is 1. The highest BCUT2D eigenvalue weighted by atomic mass is 79.9. The lowest BCUT2D eigenvalue weighted by Gasteiger charge is -2.15. The van der Waals surface area contributed by atoms with Gasteiger partial charge in [-0.15, -0.1) is 0 Å². The largest absolute Gasteiger partial charge is 0.490 e. The normalized spacial score (nSPS) is 14.5. The van der Waals surface area contributed by atoms with Crippen LogP contribution in [0.1, 0.15) is 25.0 Å². The molecule has 1 aliphatic rings. The zero-order chi connectivity index (χ0) is 23.4. The number of halogens is 2. The van der Waals surface area contributed by atoms with Gasteiger partial charge in [0.1, 0.15) is 6.61 Å². The topological polar surface area (TPSA) is 51.1 Å². The smallest absolute Gasteiger partial charge is 0.280 e. The first-order valence-electron chi connectivity index (χ1n) is 10.5. The molecule has 0 saturated carbocycles. The number of carbonyl (C=O) groups is 1. The SMILES string of the molecule is CCOc1cc(/C=C2/C(=O)N(c3ccccc3)N=C2C)cc(Cl)c1OCc1ccc(Br)cc1. The fourth-order valence-corrected chi connectivity index (χ4v) is 3.94. The van der Waals surface area contributed by atoms with Crippen molar-refractivity contribution in [1.29, 1.82) is 0 Å². The lowest BCUT2D eigenvalue weighted by atomic mass is 10.1. The Labute approximate surface area is 206 Å². The summed E-state index contributed by atoms with van der Waals surface area (Å²) in [7, 11) is 0. The van der Waals surface area contributed by atoms with E-state index in [9.17, 15) is 4.79 Å². The van der Waals surface area contributed by atoms with E-state index in [1.807, 2.05) is 74.5 Å². The number of benzene rings is 3. The van der Waals surface area contributed by atoms with Gasteiger partial charge in [0.05, 0.1) is 28.6 Å². The molecule has 3 aromatic rings. The fourth-order valence-electron chi connectivity index (χ4n) is 3.41. The Kier molecular flexibility index (Phi) is 7.16. The third kappa shape index (κ3) is 5.29. The summed E-state index contributed by atoms with van der Waals surface area (Å²) < 4.78 is 12.8. The maximum Gasteiger partial charge on any atom is 0.280 e. The van der Waals surface area contributed by atoms with Crippen molar-refractivity contribution in [2.24, 2.45) is 5.10 Å². The van der Waals surface area contributed by atoms with Crippen LogP contribution in [0.4, 0.5) is 5.69 Å². The summed E-state index contributed by atoms with van der Waals surface area (Å²) in [4.78, 5) is 13.0. The van der Waals surface area contributed by atoms with Gasteiger partial charge < -0.3 is 9.47 Å². The maximum atomic E-state index is 13.0. The molecule has 0 atom stereocenters. The number of hydrogen-bond acceptors (Lipinski definition) is 4. The molecule has 0 bridgehead atoms. The van der Waals surface area contributed by atoms with E-state index in [1.165, 1.54) is 5.01 Å². The van der Waals surface area contributed by atoms with E-state index in [4.69, 9.17) is 21.1 Å². The minimum atomic E-state index is -0.191. The average Bonchev–Trinajstić information content (AvgIpc) is 3.09. The zero-order valence-corrected chi connectivity index (χ0v) is 20.6. The van der Waals surface area contributed by atoms with Crippen LogP contribution >= 0.6 is 27.5 Å². The van der Waals surface area contributed by atoms with Crippen molar-refractivity contribution < 1.29 is 14.3 Å². The number of rotatable bonds is 7. The van der Waals surface area contributed by atoms with Gasteiger partial charge in [0.2, 0.25) is 0 Å². The molecule has 1 heterocycles. The summed E-state index contributed by atoms with van der Waals surface area (Å²) in [6.07, 6.45) is 1.77. The van der Waals surface area contributed by atoms with Crippen molar-refractivity contribution >= 4 is 50.9 Å². The van der Waals surface area contributed by atoms with Crippen molar-refractivity contribution in [2.45, 2.75) is 20.5 Å². The van der Waals surface area contributed by atoms with Crippen molar-refractivity contribution in [3.8, 4) is 11.5 Å². The predicted octanol–water partition coefficient (Wildman–Crippen LogP) is 6.89. The summed E-state index contributed by atoms with van der Waals surface area (Å²) in [5.41, 5.74) is 3.59. The first kappa shape index (κ1) is 23.1.